The number of rotatable bonds is 2. The van der Waals surface area contributed by atoms with Gasteiger partial charge in [-0.1, -0.05) is 6.07 Å². The van der Waals surface area contributed by atoms with Gasteiger partial charge in [-0.2, -0.15) is 4.31 Å². The van der Waals surface area contributed by atoms with Gasteiger partial charge < -0.3 is 4.74 Å². The van der Waals surface area contributed by atoms with Crippen LogP contribution in [0.4, 0.5) is 0 Å². The molecule has 0 N–H and O–H groups in total. The molecule has 2 heterocycles. The highest BCUT2D eigenvalue weighted by molar-refractivity contribution is 7.89. The van der Waals surface area contributed by atoms with Gasteiger partial charge in [0.25, 0.3) is 0 Å². The zero-order chi connectivity index (χ0) is 13.7. The average molecular weight is 293 g/mol. The van der Waals surface area contributed by atoms with Crippen molar-refractivity contribution in [3.63, 3.8) is 0 Å². The molecule has 0 radical (unpaired) electrons. The summed E-state index contributed by atoms with van der Waals surface area (Å²) in [6.07, 6.45) is 5.42. The molecule has 2 fully saturated rings. The summed E-state index contributed by atoms with van der Waals surface area (Å²) in [6.45, 7) is 1.07. The molecule has 2 saturated heterocycles. The average Bonchev–Trinajstić information content (AvgIpc) is 3.09. The van der Waals surface area contributed by atoms with Crippen LogP contribution < -0.4 is 0 Å². The van der Waals surface area contributed by atoms with Crippen molar-refractivity contribution in [1.29, 1.82) is 0 Å². The zero-order valence-electron chi connectivity index (χ0n) is 11.4. The first-order valence-electron chi connectivity index (χ1n) is 7.40. The zero-order valence-corrected chi connectivity index (χ0v) is 12.2. The Morgan fingerprint density at radius 2 is 1.95 bits per heavy atom. The lowest BCUT2D eigenvalue weighted by molar-refractivity contribution is 0.0608. The second kappa shape index (κ2) is 4.55. The Labute approximate surface area is 119 Å². The Bertz CT molecular complexity index is 641. The third-order valence-corrected chi connectivity index (χ3v) is 6.69. The lowest BCUT2D eigenvalue weighted by Gasteiger charge is -2.26. The lowest BCUT2D eigenvalue weighted by atomic mass is 9.92. The summed E-state index contributed by atoms with van der Waals surface area (Å²) in [4.78, 5) is 0.464. The van der Waals surface area contributed by atoms with Crippen molar-refractivity contribution in [3.8, 4) is 0 Å². The molecule has 2 unspecified atom stereocenters. The molecule has 0 spiro atoms. The highest BCUT2D eigenvalue weighted by atomic mass is 32.2. The van der Waals surface area contributed by atoms with Crippen LogP contribution >= 0.6 is 0 Å². The van der Waals surface area contributed by atoms with Gasteiger partial charge in [0.05, 0.1) is 23.6 Å². The van der Waals surface area contributed by atoms with Crippen LogP contribution in [0.25, 0.3) is 0 Å². The van der Waals surface area contributed by atoms with Gasteiger partial charge in [-0.3, -0.25) is 0 Å². The Morgan fingerprint density at radius 3 is 2.65 bits per heavy atom. The van der Waals surface area contributed by atoms with E-state index in [1.165, 1.54) is 24.0 Å². The molecule has 3 aliphatic rings. The van der Waals surface area contributed by atoms with Crippen LogP contribution in [0, 0.1) is 0 Å². The maximum absolute atomic E-state index is 12.8. The van der Waals surface area contributed by atoms with Crippen molar-refractivity contribution < 1.29 is 13.2 Å². The van der Waals surface area contributed by atoms with E-state index in [0.29, 0.717) is 18.0 Å². The summed E-state index contributed by atoms with van der Waals surface area (Å²) >= 11 is 0. The second-order valence-corrected chi connectivity index (χ2v) is 7.95. The Balaban J connectivity index is 1.69. The molecule has 4 rings (SSSR count). The molecule has 1 aromatic rings. The fraction of sp³-hybridized carbons (Fsp3) is 0.600. The van der Waals surface area contributed by atoms with Crippen molar-refractivity contribution >= 4 is 10.0 Å². The summed E-state index contributed by atoms with van der Waals surface area (Å²) in [7, 11) is -3.35. The molecule has 108 valence electrons. The van der Waals surface area contributed by atoms with Crippen molar-refractivity contribution in [3.05, 3.63) is 29.3 Å². The maximum Gasteiger partial charge on any atom is 0.243 e. The Hall–Kier alpha value is -0.910. The normalized spacial score (nSPS) is 29.6. The largest absolute Gasteiger partial charge is 0.375 e. The van der Waals surface area contributed by atoms with Crippen LogP contribution in [0.5, 0.6) is 0 Å². The van der Waals surface area contributed by atoms with E-state index in [4.69, 9.17) is 4.74 Å². The van der Waals surface area contributed by atoms with Gasteiger partial charge in [-0.15, -0.1) is 0 Å². The summed E-state index contributed by atoms with van der Waals surface area (Å²) in [5, 5.41) is 0. The third kappa shape index (κ3) is 1.91. The molecule has 1 aromatic carbocycles. The summed E-state index contributed by atoms with van der Waals surface area (Å²) in [5.74, 6) is 0. The smallest absolute Gasteiger partial charge is 0.243 e. The van der Waals surface area contributed by atoms with Gasteiger partial charge in [0, 0.05) is 6.54 Å². The quantitative estimate of drug-likeness (QED) is 0.834. The van der Waals surface area contributed by atoms with E-state index in [2.05, 4.69) is 0 Å². The molecular formula is C15H19NO3S. The molecule has 1 aliphatic carbocycles. The SMILES string of the molecule is O=S(=O)(c1ccc2c(c1)CCCC2)N1CC2CC1CO2. The number of ether oxygens (including phenoxy) is 1. The summed E-state index contributed by atoms with van der Waals surface area (Å²) in [5.41, 5.74) is 2.54. The molecule has 2 atom stereocenters. The third-order valence-electron chi connectivity index (χ3n) is 4.78. The van der Waals surface area contributed by atoms with Crippen molar-refractivity contribution in [2.45, 2.75) is 49.1 Å². The number of fused-ring (bicyclic) bond motifs is 3. The van der Waals surface area contributed by atoms with Gasteiger partial charge in [0.1, 0.15) is 0 Å². The van der Waals surface area contributed by atoms with Gasteiger partial charge in [0.2, 0.25) is 10.0 Å². The lowest BCUT2D eigenvalue weighted by Crippen LogP contribution is -2.41. The van der Waals surface area contributed by atoms with E-state index >= 15 is 0 Å². The van der Waals surface area contributed by atoms with Crippen molar-refractivity contribution in [2.75, 3.05) is 13.2 Å². The molecule has 20 heavy (non-hydrogen) atoms. The Kier molecular flexibility index (Phi) is 2.91. The standard InChI is InChI=1S/C15H19NO3S/c17-20(18,16-9-14-8-13(16)10-19-14)15-6-5-11-3-1-2-4-12(11)7-15/h5-7,13-14H,1-4,8-10H2. The van der Waals surface area contributed by atoms with Gasteiger partial charge >= 0.3 is 0 Å². The highest BCUT2D eigenvalue weighted by Gasteiger charge is 2.45. The van der Waals surface area contributed by atoms with E-state index < -0.39 is 10.0 Å². The topological polar surface area (TPSA) is 46.6 Å². The highest BCUT2D eigenvalue weighted by Crippen LogP contribution is 2.34. The van der Waals surface area contributed by atoms with E-state index in [0.717, 1.165) is 19.3 Å². The minimum Gasteiger partial charge on any atom is -0.375 e. The summed E-state index contributed by atoms with van der Waals surface area (Å²) < 4.78 is 32.7. The maximum atomic E-state index is 12.8. The van der Waals surface area contributed by atoms with Gasteiger partial charge in [-0.05, 0) is 55.4 Å². The van der Waals surface area contributed by atoms with Crippen LogP contribution in [0.2, 0.25) is 0 Å². The molecule has 2 aliphatic heterocycles. The molecule has 4 nitrogen and oxygen atoms in total. The first-order chi connectivity index (χ1) is 9.64. The van der Waals surface area contributed by atoms with Crippen LogP contribution in [-0.4, -0.2) is 38.0 Å². The minimum atomic E-state index is -3.35. The van der Waals surface area contributed by atoms with E-state index in [-0.39, 0.29) is 12.1 Å². The second-order valence-electron chi connectivity index (χ2n) is 6.06. The number of morpholine rings is 1. The van der Waals surface area contributed by atoms with Crippen LogP contribution in [0.3, 0.4) is 0 Å². The van der Waals surface area contributed by atoms with Crippen LogP contribution in [-0.2, 0) is 27.6 Å². The van der Waals surface area contributed by atoms with Crippen molar-refractivity contribution in [2.24, 2.45) is 0 Å². The predicted molar refractivity (Wildman–Crippen MR) is 75.1 cm³/mol. The minimum absolute atomic E-state index is 0.0426. The first-order valence-corrected chi connectivity index (χ1v) is 8.84. The molecule has 5 heteroatoms. The Morgan fingerprint density at radius 1 is 1.15 bits per heavy atom. The molecule has 0 aromatic heterocycles. The van der Waals surface area contributed by atoms with E-state index in [1.54, 1.807) is 10.4 Å². The van der Waals surface area contributed by atoms with E-state index in [1.807, 2.05) is 12.1 Å². The summed E-state index contributed by atoms with van der Waals surface area (Å²) in [6, 6.07) is 5.73. The number of hydrogen-bond donors (Lipinski definition) is 0. The number of hydrogen-bond acceptors (Lipinski definition) is 3. The number of sulfonamides is 1. The number of aryl methyl sites for hydroxylation is 2. The molecular weight excluding hydrogens is 274 g/mol. The van der Waals surface area contributed by atoms with Gasteiger partial charge in [-0.25, -0.2) is 8.42 Å². The van der Waals surface area contributed by atoms with E-state index in [9.17, 15) is 8.42 Å². The number of benzene rings is 1. The molecule has 0 saturated carbocycles. The predicted octanol–water partition coefficient (Wildman–Crippen LogP) is 1.73. The van der Waals surface area contributed by atoms with Gasteiger partial charge in [0.15, 0.2) is 0 Å². The fourth-order valence-electron chi connectivity index (χ4n) is 3.66. The van der Waals surface area contributed by atoms with Crippen molar-refractivity contribution in [1.82, 2.24) is 4.31 Å². The monoisotopic (exact) mass is 293 g/mol. The fourth-order valence-corrected chi connectivity index (χ4v) is 5.37. The van der Waals surface area contributed by atoms with Crippen LogP contribution in [0.15, 0.2) is 23.1 Å². The van der Waals surface area contributed by atoms with Crippen LogP contribution in [0.1, 0.15) is 30.4 Å². The number of nitrogens with zero attached hydrogens (tertiary/aromatic N) is 1. The molecule has 2 bridgehead atoms. The molecule has 0 amide bonds. The first kappa shape index (κ1) is 12.8.